The molecule has 0 aliphatic heterocycles. The molecule has 0 bridgehead atoms. The van der Waals surface area contributed by atoms with Gasteiger partial charge in [0.2, 0.25) is 0 Å². The van der Waals surface area contributed by atoms with Gasteiger partial charge >= 0.3 is 0 Å². The Hall–Kier alpha value is -0.360. The summed E-state index contributed by atoms with van der Waals surface area (Å²) in [5.74, 6) is 0. The molecule has 0 aliphatic rings. The zero-order valence-corrected chi connectivity index (χ0v) is 14.4. The number of rotatable bonds is 1. The maximum absolute atomic E-state index is 4.71. The number of imidazole rings is 1. The molecule has 0 fully saturated rings. The Labute approximate surface area is 114 Å². The van der Waals surface area contributed by atoms with Gasteiger partial charge in [0.05, 0.1) is 0 Å². The third kappa shape index (κ3) is 3.35. The molecule has 1 aromatic rings. The van der Waals surface area contributed by atoms with E-state index in [1.807, 2.05) is 6.20 Å². The highest BCUT2D eigenvalue weighted by molar-refractivity contribution is 7.68. The van der Waals surface area contributed by atoms with E-state index in [-0.39, 0.29) is 23.8 Å². The molecule has 0 N–H and O–H groups in total. The van der Waals surface area contributed by atoms with Gasteiger partial charge in [-0.3, -0.25) is 0 Å². The minimum Gasteiger partial charge on any atom is -0.326 e. The molecular formula is C15H29N2P. The highest BCUT2D eigenvalue weighted by Crippen LogP contribution is 2.58. The average molecular weight is 268 g/mol. The van der Waals surface area contributed by atoms with Crippen molar-refractivity contribution in [3.63, 3.8) is 0 Å². The molecule has 0 aliphatic carbocycles. The lowest BCUT2D eigenvalue weighted by atomic mass is 10.1. The molecule has 0 aromatic carbocycles. The van der Waals surface area contributed by atoms with Gasteiger partial charge in [-0.2, -0.15) is 0 Å². The summed E-state index contributed by atoms with van der Waals surface area (Å²) in [4.78, 5) is 4.71. The van der Waals surface area contributed by atoms with Crippen LogP contribution in [0.1, 0.15) is 62.3 Å². The minimum absolute atomic E-state index is 0.100. The summed E-state index contributed by atoms with van der Waals surface area (Å²) in [6.07, 6.45) is 4.08. The zero-order valence-electron chi connectivity index (χ0n) is 13.5. The van der Waals surface area contributed by atoms with Crippen molar-refractivity contribution in [3.05, 3.63) is 12.4 Å². The number of hydrogen-bond acceptors (Lipinski definition) is 1. The van der Waals surface area contributed by atoms with Crippen molar-refractivity contribution in [2.24, 2.45) is 0 Å². The molecule has 0 spiro atoms. The normalized spacial score (nSPS) is 14.3. The van der Waals surface area contributed by atoms with Crippen molar-refractivity contribution in [2.45, 2.75) is 78.2 Å². The molecule has 0 unspecified atom stereocenters. The largest absolute Gasteiger partial charge is 0.326 e. The Kier molecular flexibility index (Phi) is 4.04. The molecule has 18 heavy (non-hydrogen) atoms. The minimum atomic E-state index is -0.334. The van der Waals surface area contributed by atoms with E-state index in [2.05, 4.69) is 73.1 Å². The Morgan fingerprint density at radius 2 is 1.33 bits per heavy atom. The van der Waals surface area contributed by atoms with Gasteiger partial charge < -0.3 is 4.57 Å². The third-order valence-corrected chi connectivity index (χ3v) is 6.30. The van der Waals surface area contributed by atoms with E-state index in [0.29, 0.717) is 0 Å². The van der Waals surface area contributed by atoms with E-state index in [1.165, 1.54) is 5.57 Å². The maximum Gasteiger partial charge on any atom is 0.132 e. The van der Waals surface area contributed by atoms with Gasteiger partial charge in [-0.1, -0.05) is 41.5 Å². The highest BCUT2D eigenvalue weighted by Gasteiger charge is 2.39. The topological polar surface area (TPSA) is 17.8 Å². The van der Waals surface area contributed by atoms with Crippen LogP contribution in [0.5, 0.6) is 0 Å². The smallest absolute Gasteiger partial charge is 0.132 e. The van der Waals surface area contributed by atoms with Crippen LogP contribution >= 0.6 is 7.92 Å². The van der Waals surface area contributed by atoms with Crippen LogP contribution in [-0.4, -0.2) is 19.9 Å². The number of hydrogen-bond donors (Lipinski definition) is 0. The standard InChI is InChI=1S/C15H29N2P/c1-13(2,3)17-11-10-16-12(17)18(14(4,5)6)15(7,8)9/h10-11H,1-9H3. The monoisotopic (exact) mass is 268 g/mol. The van der Waals surface area contributed by atoms with Crippen molar-refractivity contribution in [2.75, 3.05) is 0 Å². The molecule has 0 radical (unpaired) electrons. The van der Waals surface area contributed by atoms with Crippen LogP contribution in [0.25, 0.3) is 0 Å². The lowest BCUT2D eigenvalue weighted by Crippen LogP contribution is -2.39. The summed E-state index contributed by atoms with van der Waals surface area (Å²) in [7, 11) is -0.334. The number of aromatic nitrogens is 2. The van der Waals surface area contributed by atoms with Crippen LogP contribution in [0.4, 0.5) is 0 Å². The van der Waals surface area contributed by atoms with E-state index in [9.17, 15) is 0 Å². The molecule has 3 heteroatoms. The summed E-state index contributed by atoms with van der Waals surface area (Å²) in [6.45, 7) is 20.8. The van der Waals surface area contributed by atoms with E-state index in [1.54, 1.807) is 0 Å². The fourth-order valence-electron chi connectivity index (χ4n) is 2.59. The second kappa shape index (κ2) is 4.63. The summed E-state index contributed by atoms with van der Waals surface area (Å²) < 4.78 is 2.36. The molecule has 0 atom stereocenters. The summed E-state index contributed by atoms with van der Waals surface area (Å²) in [5, 5.41) is 0.532. The SMILES string of the molecule is CC(C)(C)n1ccnc1P(C(C)(C)C)C(C)(C)C. The van der Waals surface area contributed by atoms with Gasteiger partial charge in [0.15, 0.2) is 0 Å². The van der Waals surface area contributed by atoms with E-state index in [4.69, 9.17) is 4.98 Å². The molecule has 0 saturated heterocycles. The highest BCUT2D eigenvalue weighted by atomic mass is 31.1. The zero-order chi connectivity index (χ0) is 14.4. The Morgan fingerprint density at radius 1 is 0.889 bits per heavy atom. The van der Waals surface area contributed by atoms with Gasteiger partial charge in [0.25, 0.3) is 0 Å². The van der Waals surface area contributed by atoms with E-state index >= 15 is 0 Å². The fraction of sp³-hybridized carbons (Fsp3) is 0.800. The Bertz CT molecular complexity index is 385. The van der Waals surface area contributed by atoms with Crippen molar-refractivity contribution < 1.29 is 0 Å². The van der Waals surface area contributed by atoms with Crippen LogP contribution in [0, 0.1) is 0 Å². The molecule has 1 rings (SSSR count). The lowest BCUT2D eigenvalue weighted by molar-refractivity contribution is 0.405. The lowest BCUT2D eigenvalue weighted by Gasteiger charge is -2.42. The predicted molar refractivity (Wildman–Crippen MR) is 83.3 cm³/mol. The Balaban J connectivity index is 3.38. The molecule has 2 nitrogen and oxygen atoms in total. The van der Waals surface area contributed by atoms with Crippen molar-refractivity contribution in [3.8, 4) is 0 Å². The molecule has 0 amide bonds. The summed E-state index contributed by atoms with van der Waals surface area (Å²) in [6, 6.07) is 0. The van der Waals surface area contributed by atoms with Crippen LogP contribution < -0.4 is 5.57 Å². The van der Waals surface area contributed by atoms with Crippen LogP contribution in [0.15, 0.2) is 12.4 Å². The van der Waals surface area contributed by atoms with Crippen molar-refractivity contribution in [1.29, 1.82) is 0 Å². The second-order valence-corrected chi connectivity index (χ2v) is 11.7. The third-order valence-electron chi connectivity index (χ3n) is 2.89. The van der Waals surface area contributed by atoms with Gasteiger partial charge in [-0.25, -0.2) is 4.98 Å². The second-order valence-electron chi connectivity index (χ2n) is 7.95. The molecule has 1 heterocycles. The van der Waals surface area contributed by atoms with Crippen molar-refractivity contribution >= 4 is 13.5 Å². The Morgan fingerprint density at radius 3 is 1.67 bits per heavy atom. The molecule has 104 valence electrons. The van der Waals surface area contributed by atoms with Gasteiger partial charge in [-0.05, 0) is 39.0 Å². The van der Waals surface area contributed by atoms with Crippen molar-refractivity contribution in [1.82, 2.24) is 9.55 Å². The van der Waals surface area contributed by atoms with Gasteiger partial charge in [0.1, 0.15) is 5.57 Å². The van der Waals surface area contributed by atoms with Gasteiger partial charge in [0, 0.05) is 17.9 Å². The molecular weight excluding hydrogens is 239 g/mol. The van der Waals surface area contributed by atoms with Crippen LogP contribution in [0.2, 0.25) is 0 Å². The molecule has 0 saturated carbocycles. The first-order valence-corrected chi connectivity index (χ1v) is 8.03. The van der Waals surface area contributed by atoms with Crippen LogP contribution in [0.3, 0.4) is 0 Å². The first kappa shape index (κ1) is 15.7. The predicted octanol–water partition coefficient (Wildman–Crippen LogP) is 4.34. The quantitative estimate of drug-likeness (QED) is 0.693. The average Bonchev–Trinajstić information content (AvgIpc) is 2.44. The maximum atomic E-state index is 4.71. The molecule has 1 aromatic heterocycles. The fourth-order valence-corrected chi connectivity index (χ4v) is 6.57. The first-order chi connectivity index (χ1) is 7.85. The summed E-state index contributed by atoms with van der Waals surface area (Å²) in [5.41, 5.74) is 1.38. The van der Waals surface area contributed by atoms with E-state index in [0.717, 1.165) is 0 Å². The number of nitrogens with zero attached hydrogens (tertiary/aromatic N) is 2. The van der Waals surface area contributed by atoms with Gasteiger partial charge in [-0.15, -0.1) is 0 Å². The first-order valence-electron chi connectivity index (χ1n) is 6.69. The van der Waals surface area contributed by atoms with E-state index < -0.39 is 0 Å². The van der Waals surface area contributed by atoms with Crippen LogP contribution in [-0.2, 0) is 5.54 Å². The summed E-state index contributed by atoms with van der Waals surface area (Å²) >= 11 is 0.